The number of benzene rings is 2. The number of anilines is 1. The van der Waals surface area contributed by atoms with Crippen LogP contribution in [-0.2, 0) is 14.6 Å². The topological polar surface area (TPSA) is 131 Å². The second-order valence-corrected chi connectivity index (χ2v) is 9.02. The molecule has 9 nitrogen and oxygen atoms in total. The first-order chi connectivity index (χ1) is 15.3. The molecule has 0 aliphatic heterocycles. The molecular formula is C21H18N4O5S2. The summed E-state index contributed by atoms with van der Waals surface area (Å²) in [5, 5.41) is 11.3. The molecule has 2 aromatic carbocycles. The molecule has 0 spiro atoms. The second-order valence-electron chi connectivity index (χ2n) is 6.36. The highest BCUT2D eigenvalue weighted by atomic mass is 32.2. The average molecular weight is 471 g/mol. The number of nitrogens with one attached hydrogen (secondary N) is 1. The fourth-order valence-corrected chi connectivity index (χ4v) is 3.83. The van der Waals surface area contributed by atoms with E-state index in [0.717, 1.165) is 12.0 Å². The first-order valence-electron chi connectivity index (χ1n) is 9.23. The van der Waals surface area contributed by atoms with Crippen LogP contribution < -0.4 is 14.8 Å². The van der Waals surface area contributed by atoms with Crippen molar-refractivity contribution in [3.8, 4) is 17.6 Å². The number of amides is 1. The number of sulfone groups is 1. The molecule has 0 aliphatic carbocycles. The third-order valence-electron chi connectivity index (χ3n) is 3.88. The van der Waals surface area contributed by atoms with Gasteiger partial charge in [-0.25, -0.2) is 8.42 Å². The maximum atomic E-state index is 12.3. The maximum absolute atomic E-state index is 12.3. The Hall–Kier alpha value is -3.75. The number of nitriles is 1. The third kappa shape index (κ3) is 6.63. The lowest BCUT2D eigenvalue weighted by molar-refractivity contribution is -0.112. The summed E-state index contributed by atoms with van der Waals surface area (Å²) in [6, 6.07) is 18.0. The molecule has 32 heavy (non-hydrogen) atoms. The van der Waals surface area contributed by atoms with Gasteiger partial charge in [-0.05, 0) is 35.9 Å². The zero-order valence-electron chi connectivity index (χ0n) is 16.9. The van der Waals surface area contributed by atoms with Gasteiger partial charge in [-0.3, -0.25) is 10.1 Å². The molecule has 1 amide bonds. The van der Waals surface area contributed by atoms with Crippen molar-refractivity contribution in [2.75, 3.05) is 24.8 Å². The Kier molecular flexibility index (Phi) is 7.54. The predicted octanol–water partition coefficient (Wildman–Crippen LogP) is 2.95. The van der Waals surface area contributed by atoms with Crippen LogP contribution in [0.15, 0.2) is 65.3 Å². The van der Waals surface area contributed by atoms with E-state index in [1.54, 1.807) is 24.3 Å². The lowest BCUT2D eigenvalue weighted by atomic mass is 10.1. The van der Waals surface area contributed by atoms with Crippen LogP contribution in [0.25, 0.3) is 6.08 Å². The van der Waals surface area contributed by atoms with Gasteiger partial charge in [0.15, 0.2) is 0 Å². The highest BCUT2D eigenvalue weighted by Crippen LogP contribution is 2.18. The summed E-state index contributed by atoms with van der Waals surface area (Å²) in [4.78, 5) is 16.1. The summed E-state index contributed by atoms with van der Waals surface area (Å²) in [6.07, 6.45) is 2.36. The zero-order chi connectivity index (χ0) is 23.0. The molecular weight excluding hydrogens is 452 g/mol. The van der Waals surface area contributed by atoms with E-state index in [4.69, 9.17) is 9.47 Å². The molecule has 1 heterocycles. The molecule has 0 radical (unpaired) electrons. The Balaban J connectivity index is 1.55. The molecule has 11 heteroatoms. The molecule has 0 atom stereocenters. The van der Waals surface area contributed by atoms with Gasteiger partial charge < -0.3 is 9.47 Å². The van der Waals surface area contributed by atoms with E-state index in [0.29, 0.717) is 36.1 Å². The Bertz CT molecular complexity index is 1250. The van der Waals surface area contributed by atoms with E-state index in [-0.39, 0.29) is 15.9 Å². The summed E-state index contributed by atoms with van der Waals surface area (Å²) >= 11 is 0.713. The summed E-state index contributed by atoms with van der Waals surface area (Å²) in [5.41, 5.74) is 0.435. The second kappa shape index (κ2) is 10.5. The van der Waals surface area contributed by atoms with Crippen LogP contribution in [0.4, 0.5) is 5.13 Å². The van der Waals surface area contributed by atoms with Crippen molar-refractivity contribution < 1.29 is 22.7 Å². The van der Waals surface area contributed by atoms with Crippen molar-refractivity contribution in [1.29, 1.82) is 5.26 Å². The van der Waals surface area contributed by atoms with Crippen LogP contribution in [-0.4, -0.2) is 43.2 Å². The van der Waals surface area contributed by atoms with Gasteiger partial charge in [-0.15, -0.1) is 0 Å². The fraction of sp³-hybridized carbons (Fsp3) is 0.143. The van der Waals surface area contributed by atoms with Crippen molar-refractivity contribution in [2.24, 2.45) is 0 Å². The number of nitrogens with zero attached hydrogens (tertiary/aromatic N) is 3. The molecule has 0 fully saturated rings. The van der Waals surface area contributed by atoms with Crippen LogP contribution in [0, 0.1) is 11.3 Å². The smallest absolute Gasteiger partial charge is 0.268 e. The molecule has 164 valence electrons. The Labute approximate surface area is 189 Å². The third-order valence-corrected chi connectivity index (χ3v) is 5.47. The summed E-state index contributed by atoms with van der Waals surface area (Å²) in [5.74, 6) is 0.658. The van der Waals surface area contributed by atoms with Crippen LogP contribution in [0.5, 0.6) is 11.5 Å². The number of ether oxygens (including phenoxy) is 2. The van der Waals surface area contributed by atoms with Crippen molar-refractivity contribution in [3.63, 3.8) is 0 Å². The van der Waals surface area contributed by atoms with Crippen LogP contribution in [0.1, 0.15) is 5.56 Å². The summed E-state index contributed by atoms with van der Waals surface area (Å²) in [6.45, 7) is 0.740. The average Bonchev–Trinajstić information content (AvgIpc) is 3.26. The Morgan fingerprint density at radius 1 is 1.09 bits per heavy atom. The molecule has 3 aromatic rings. The lowest BCUT2D eigenvalue weighted by Gasteiger charge is -2.08. The monoisotopic (exact) mass is 470 g/mol. The van der Waals surface area contributed by atoms with E-state index in [1.807, 2.05) is 36.4 Å². The van der Waals surface area contributed by atoms with E-state index in [9.17, 15) is 18.5 Å². The quantitative estimate of drug-likeness (QED) is 0.287. The highest BCUT2D eigenvalue weighted by molar-refractivity contribution is 7.90. The zero-order valence-corrected chi connectivity index (χ0v) is 18.5. The van der Waals surface area contributed by atoms with Crippen LogP contribution in [0.2, 0.25) is 0 Å². The van der Waals surface area contributed by atoms with Crippen molar-refractivity contribution in [2.45, 2.75) is 5.16 Å². The molecule has 3 rings (SSSR count). The van der Waals surface area contributed by atoms with E-state index >= 15 is 0 Å². The van der Waals surface area contributed by atoms with Crippen LogP contribution in [0.3, 0.4) is 0 Å². The number of carbonyl (C=O) groups is 1. The standard InChI is InChI=1S/C21H18N4O5S2/c1-32(27,28)21-24-20(31-25-21)23-19(26)16(14-22)13-15-7-9-18(10-8-15)30-12-11-29-17-5-3-2-4-6-17/h2-10,13H,11-12H2,1H3,(H,23,24,25,26)/b16-13-. The number of carbonyl (C=O) groups excluding carboxylic acids is 1. The molecule has 0 aliphatic rings. The first kappa shape index (κ1) is 22.9. The summed E-state index contributed by atoms with van der Waals surface area (Å²) in [7, 11) is -3.58. The minimum Gasteiger partial charge on any atom is -0.490 e. The van der Waals surface area contributed by atoms with Crippen LogP contribution >= 0.6 is 11.5 Å². The maximum Gasteiger partial charge on any atom is 0.268 e. The fourth-order valence-electron chi connectivity index (χ4n) is 2.39. The molecule has 0 saturated carbocycles. The number of hydrogen-bond donors (Lipinski definition) is 1. The SMILES string of the molecule is CS(=O)(=O)c1nsc(NC(=O)/C(C#N)=C\c2ccc(OCCOc3ccccc3)cc2)n1. The number of rotatable bonds is 9. The lowest BCUT2D eigenvalue weighted by Crippen LogP contribution is -2.13. The van der Waals surface area contributed by atoms with Gasteiger partial charge in [0.2, 0.25) is 15.0 Å². The Morgan fingerprint density at radius 2 is 1.72 bits per heavy atom. The molecule has 1 N–H and O–H groups in total. The van der Waals surface area contributed by atoms with Gasteiger partial charge in [-0.2, -0.15) is 14.6 Å². The largest absolute Gasteiger partial charge is 0.490 e. The molecule has 0 saturated heterocycles. The van der Waals surface area contributed by atoms with Gasteiger partial charge in [0, 0.05) is 17.8 Å². The van der Waals surface area contributed by atoms with E-state index in [1.165, 1.54) is 6.08 Å². The van der Waals surface area contributed by atoms with Gasteiger partial charge in [0.25, 0.3) is 11.1 Å². The number of aromatic nitrogens is 2. The summed E-state index contributed by atoms with van der Waals surface area (Å²) < 4.78 is 37.7. The minimum absolute atomic E-state index is 0.0157. The first-order valence-corrected chi connectivity index (χ1v) is 11.9. The van der Waals surface area contributed by atoms with E-state index in [2.05, 4.69) is 14.7 Å². The number of para-hydroxylation sites is 1. The van der Waals surface area contributed by atoms with Gasteiger partial charge in [0.05, 0.1) is 0 Å². The van der Waals surface area contributed by atoms with Gasteiger partial charge in [0.1, 0.15) is 36.4 Å². The van der Waals surface area contributed by atoms with Gasteiger partial charge in [-0.1, -0.05) is 30.3 Å². The molecule has 0 unspecified atom stereocenters. The predicted molar refractivity (Wildman–Crippen MR) is 119 cm³/mol. The van der Waals surface area contributed by atoms with Gasteiger partial charge >= 0.3 is 0 Å². The van der Waals surface area contributed by atoms with Crippen molar-refractivity contribution in [3.05, 3.63) is 65.7 Å². The molecule has 0 bridgehead atoms. The van der Waals surface area contributed by atoms with E-state index < -0.39 is 15.7 Å². The Morgan fingerprint density at radius 3 is 2.28 bits per heavy atom. The molecule has 1 aromatic heterocycles. The van der Waals surface area contributed by atoms with Crippen molar-refractivity contribution in [1.82, 2.24) is 9.36 Å². The normalized spacial score (nSPS) is 11.4. The number of hydrogen-bond acceptors (Lipinski definition) is 9. The highest BCUT2D eigenvalue weighted by Gasteiger charge is 2.17. The van der Waals surface area contributed by atoms with Crippen molar-refractivity contribution >= 4 is 38.5 Å². The minimum atomic E-state index is -3.58.